The lowest BCUT2D eigenvalue weighted by Crippen LogP contribution is -2.71. The number of carbonyl (C=O) groups excluding carboxylic acids is 3. The van der Waals surface area contributed by atoms with E-state index in [1.807, 2.05) is 60.7 Å². The minimum absolute atomic E-state index is 0.147. The summed E-state index contributed by atoms with van der Waals surface area (Å²) in [5.41, 5.74) is 8.79. The highest BCUT2D eigenvalue weighted by molar-refractivity contribution is 6.09. The van der Waals surface area contributed by atoms with Crippen LogP contribution in [0.15, 0.2) is 79.0 Å². The molecule has 6 atom stereocenters. The number of carbonyl (C=O) groups is 3. The van der Waals surface area contributed by atoms with Crippen LogP contribution in [-0.2, 0) is 38.7 Å². The Hall–Kier alpha value is -4.28. The molecule has 3 aliphatic rings. The van der Waals surface area contributed by atoms with Crippen molar-refractivity contribution in [2.75, 3.05) is 5.73 Å². The summed E-state index contributed by atoms with van der Waals surface area (Å²) in [5, 5.41) is 6.16. The van der Waals surface area contributed by atoms with Crippen molar-refractivity contribution in [3.63, 3.8) is 0 Å². The molecule has 1 saturated heterocycles. The van der Waals surface area contributed by atoms with E-state index in [-0.39, 0.29) is 42.5 Å². The first kappa shape index (κ1) is 30.7. The van der Waals surface area contributed by atoms with Crippen molar-refractivity contribution in [3.8, 4) is 0 Å². The van der Waals surface area contributed by atoms with Crippen LogP contribution in [0, 0.1) is 5.92 Å². The Morgan fingerprint density at radius 3 is 1.96 bits per heavy atom. The predicted octanol–water partition coefficient (Wildman–Crippen LogP) is 4.13. The zero-order chi connectivity index (χ0) is 31.2. The topological polar surface area (TPSA) is 136 Å². The fourth-order valence-electron chi connectivity index (χ4n) is 6.78. The highest BCUT2D eigenvalue weighted by atomic mass is 16.5. The Morgan fingerprint density at radius 2 is 1.38 bits per heavy atom. The first-order valence-corrected chi connectivity index (χ1v) is 15.9. The first-order valence-electron chi connectivity index (χ1n) is 15.9. The number of β-lactam (4-membered cyclic amide) rings is 1. The average Bonchev–Trinajstić information content (AvgIpc) is 3.69. The number of ether oxygens (including phenoxy) is 2. The number of hydrogen-bond donors (Lipinski definition) is 3. The molecule has 2 heterocycles. The maximum absolute atomic E-state index is 13.9. The molecule has 6 rings (SSSR count). The van der Waals surface area contributed by atoms with Crippen molar-refractivity contribution in [1.29, 1.82) is 0 Å². The van der Waals surface area contributed by atoms with E-state index in [0.717, 1.165) is 60.1 Å². The van der Waals surface area contributed by atoms with Crippen molar-refractivity contribution >= 4 is 23.7 Å². The number of nitrogen functional groups attached to an aromatic ring is 1. The lowest BCUT2D eigenvalue weighted by Gasteiger charge is -2.45. The average molecular weight is 612 g/mol. The van der Waals surface area contributed by atoms with Gasteiger partial charge in [-0.25, -0.2) is 9.78 Å². The zero-order valence-electron chi connectivity index (χ0n) is 25.3. The van der Waals surface area contributed by atoms with Gasteiger partial charge in [0, 0.05) is 6.20 Å². The number of amides is 4. The van der Waals surface area contributed by atoms with Crippen LogP contribution < -0.4 is 16.4 Å². The van der Waals surface area contributed by atoms with Crippen LogP contribution in [0.5, 0.6) is 0 Å². The fourth-order valence-corrected chi connectivity index (χ4v) is 6.78. The van der Waals surface area contributed by atoms with Gasteiger partial charge in [0.15, 0.2) is 0 Å². The van der Waals surface area contributed by atoms with E-state index < -0.39 is 18.0 Å². The molecule has 45 heavy (non-hydrogen) atoms. The molecular weight excluding hydrogens is 570 g/mol. The maximum Gasteiger partial charge on any atom is 0.325 e. The van der Waals surface area contributed by atoms with E-state index in [2.05, 4.69) is 15.6 Å². The number of benzene rings is 2. The molecule has 4 amide bonds. The molecule has 3 aromatic rings. The van der Waals surface area contributed by atoms with Gasteiger partial charge in [-0.15, -0.1) is 0 Å². The van der Waals surface area contributed by atoms with Crippen LogP contribution in [0.2, 0.25) is 0 Å². The highest BCUT2D eigenvalue weighted by Crippen LogP contribution is 2.33. The van der Waals surface area contributed by atoms with Crippen molar-refractivity contribution in [2.45, 2.75) is 88.5 Å². The van der Waals surface area contributed by atoms with Gasteiger partial charge in [-0.2, -0.15) is 0 Å². The monoisotopic (exact) mass is 611 g/mol. The van der Waals surface area contributed by atoms with E-state index in [4.69, 9.17) is 15.2 Å². The third-order valence-electron chi connectivity index (χ3n) is 9.16. The normalized spacial score (nSPS) is 26.0. The van der Waals surface area contributed by atoms with Gasteiger partial charge in [0.2, 0.25) is 11.8 Å². The highest BCUT2D eigenvalue weighted by Gasteiger charge is 2.55. The summed E-state index contributed by atoms with van der Waals surface area (Å²) < 4.78 is 12.4. The molecule has 4 N–H and O–H groups in total. The van der Waals surface area contributed by atoms with Gasteiger partial charge in [0.05, 0.1) is 43.4 Å². The summed E-state index contributed by atoms with van der Waals surface area (Å²) in [5.74, 6) is -1.09. The quantitative estimate of drug-likeness (QED) is 0.278. The van der Waals surface area contributed by atoms with Gasteiger partial charge < -0.3 is 25.8 Å². The van der Waals surface area contributed by atoms with Gasteiger partial charge in [0.1, 0.15) is 11.9 Å². The Morgan fingerprint density at radius 1 is 0.800 bits per heavy atom. The second kappa shape index (κ2) is 14.2. The molecule has 2 aliphatic carbocycles. The van der Waals surface area contributed by atoms with Gasteiger partial charge in [0.25, 0.3) is 0 Å². The number of rotatable bonds is 11. The van der Waals surface area contributed by atoms with Crippen LogP contribution >= 0.6 is 0 Å². The standard InChI is InChI=1S/C35H41N5O5/c36-31-20-25(17-18-37-31)19-26-32(33(41)38-27-13-7-15-29(27)44-21-23-9-3-1-4-10-23)40(34(26)42)35(43)39-28-14-8-16-30(28)45-22-24-11-5-2-6-12-24/h1-6,9-12,17-18,20,26-30,32H,7-8,13-16,19,21-22H2,(H2,36,37)(H,38,41)(H,39,43)/t26-,27+,28+,29+,30+,32+/m1/s1. The fraction of sp³-hybridized carbons (Fsp3) is 0.429. The second-order valence-corrected chi connectivity index (χ2v) is 12.3. The minimum atomic E-state index is -0.952. The molecule has 1 aromatic heterocycles. The van der Waals surface area contributed by atoms with Gasteiger partial charge in [-0.05, 0) is 73.8 Å². The number of imide groups is 1. The van der Waals surface area contributed by atoms with Gasteiger partial charge in [-0.1, -0.05) is 60.7 Å². The lowest BCUT2D eigenvalue weighted by molar-refractivity contribution is -0.158. The first-order chi connectivity index (χ1) is 22.0. The molecule has 0 spiro atoms. The summed E-state index contributed by atoms with van der Waals surface area (Å²) in [6.45, 7) is 0.896. The van der Waals surface area contributed by atoms with Crippen LogP contribution in [0.3, 0.4) is 0 Å². The molecule has 1 aliphatic heterocycles. The van der Waals surface area contributed by atoms with Gasteiger partial charge in [-0.3, -0.25) is 14.5 Å². The number of pyridine rings is 1. The number of nitrogens with one attached hydrogen (secondary N) is 2. The maximum atomic E-state index is 13.9. The SMILES string of the molecule is Nc1cc(C[C@H]2C(=O)N(C(=O)N[C@H]3CCC[C@@H]3OCc3ccccc3)[C@@H]2C(=O)N[C@H]2CCC[C@@H]2OCc2ccccc2)ccn1. The summed E-state index contributed by atoms with van der Waals surface area (Å²) >= 11 is 0. The number of anilines is 1. The van der Waals surface area contributed by atoms with E-state index in [0.29, 0.717) is 19.0 Å². The third-order valence-corrected chi connectivity index (χ3v) is 9.16. The van der Waals surface area contributed by atoms with E-state index in [1.165, 1.54) is 0 Å². The Labute approximate surface area is 263 Å². The van der Waals surface area contributed by atoms with E-state index >= 15 is 0 Å². The molecule has 0 bridgehead atoms. The molecule has 10 heteroatoms. The molecule has 2 saturated carbocycles. The lowest BCUT2D eigenvalue weighted by atomic mass is 9.82. The summed E-state index contributed by atoms with van der Waals surface area (Å²) in [6.07, 6.45) is 6.52. The summed E-state index contributed by atoms with van der Waals surface area (Å²) in [4.78, 5) is 46.2. The number of likely N-dealkylation sites (tertiary alicyclic amines) is 1. The molecule has 236 valence electrons. The molecule has 0 unspecified atom stereocenters. The Kier molecular flexibility index (Phi) is 9.71. The van der Waals surface area contributed by atoms with Crippen LogP contribution in [0.25, 0.3) is 0 Å². The van der Waals surface area contributed by atoms with Crippen LogP contribution in [0.4, 0.5) is 10.6 Å². The third kappa shape index (κ3) is 7.34. The van der Waals surface area contributed by atoms with Crippen molar-refractivity contribution in [1.82, 2.24) is 20.5 Å². The van der Waals surface area contributed by atoms with Crippen LogP contribution in [-0.4, -0.2) is 58.1 Å². The summed E-state index contributed by atoms with van der Waals surface area (Å²) in [6, 6.07) is 21.3. The number of aromatic nitrogens is 1. The minimum Gasteiger partial charge on any atom is -0.384 e. The predicted molar refractivity (Wildman–Crippen MR) is 168 cm³/mol. The van der Waals surface area contributed by atoms with E-state index in [9.17, 15) is 14.4 Å². The number of hydrogen-bond acceptors (Lipinski definition) is 7. The number of nitrogens with two attached hydrogens (primary N) is 1. The Balaban J connectivity index is 1.13. The molecule has 3 fully saturated rings. The number of nitrogens with zero attached hydrogens (tertiary/aromatic N) is 2. The summed E-state index contributed by atoms with van der Waals surface area (Å²) in [7, 11) is 0. The zero-order valence-corrected chi connectivity index (χ0v) is 25.3. The Bertz CT molecular complexity index is 1470. The van der Waals surface area contributed by atoms with Crippen molar-refractivity contribution in [2.24, 2.45) is 5.92 Å². The van der Waals surface area contributed by atoms with E-state index in [1.54, 1.807) is 18.3 Å². The van der Waals surface area contributed by atoms with Gasteiger partial charge >= 0.3 is 6.03 Å². The smallest absolute Gasteiger partial charge is 0.325 e. The van der Waals surface area contributed by atoms with Crippen molar-refractivity contribution in [3.05, 3.63) is 95.7 Å². The number of urea groups is 1. The van der Waals surface area contributed by atoms with Crippen molar-refractivity contribution < 1.29 is 23.9 Å². The van der Waals surface area contributed by atoms with Crippen LogP contribution in [0.1, 0.15) is 55.2 Å². The molecule has 0 radical (unpaired) electrons. The largest absolute Gasteiger partial charge is 0.384 e. The second-order valence-electron chi connectivity index (χ2n) is 12.3. The molecular formula is C35H41N5O5. The molecule has 2 aromatic carbocycles. The molecule has 10 nitrogen and oxygen atoms in total.